The van der Waals surface area contributed by atoms with Gasteiger partial charge in [0.25, 0.3) is 5.69 Å². The number of aromatic nitrogens is 1. The van der Waals surface area contributed by atoms with Crippen molar-refractivity contribution in [2.45, 2.75) is 6.42 Å². The quantitative estimate of drug-likeness (QED) is 0.132. The van der Waals surface area contributed by atoms with Crippen LogP contribution >= 0.6 is 11.3 Å². The zero-order chi connectivity index (χ0) is 21.5. The fourth-order valence-corrected chi connectivity index (χ4v) is 3.17. The number of rotatable bonds is 8. The van der Waals surface area contributed by atoms with E-state index in [1.807, 2.05) is 0 Å². The zero-order valence-electron chi connectivity index (χ0n) is 15.2. The summed E-state index contributed by atoms with van der Waals surface area (Å²) in [4.78, 5) is 29.1. The highest BCUT2D eigenvalue weighted by molar-refractivity contribution is 7.14. The van der Waals surface area contributed by atoms with Gasteiger partial charge in [0.2, 0.25) is 5.13 Å². The smallest absolute Gasteiger partial charge is 0.352 e. The first-order valence-corrected chi connectivity index (χ1v) is 9.25. The maximum Gasteiger partial charge on any atom is 0.352 e. The van der Waals surface area contributed by atoms with Gasteiger partial charge >= 0.3 is 5.97 Å². The van der Waals surface area contributed by atoms with E-state index in [0.29, 0.717) is 16.5 Å². The van der Waals surface area contributed by atoms with E-state index in [9.17, 15) is 20.0 Å². The Bertz CT molecular complexity index is 1170. The number of carboxylic acids is 1. The highest BCUT2D eigenvalue weighted by Crippen LogP contribution is 2.27. The molecule has 0 spiro atoms. The van der Waals surface area contributed by atoms with Crippen LogP contribution in [0.15, 0.2) is 64.1 Å². The molecule has 3 aromatic rings. The molecule has 0 bridgehead atoms. The molecule has 0 aliphatic heterocycles. The first-order valence-electron chi connectivity index (χ1n) is 8.37. The molecule has 150 valence electrons. The van der Waals surface area contributed by atoms with E-state index in [1.54, 1.807) is 35.7 Å². The fraction of sp³-hybridized carbons (Fsp3) is 0.0556. The molecule has 0 aliphatic rings. The van der Waals surface area contributed by atoms with Gasteiger partial charge < -0.3 is 5.11 Å². The Kier molecular flexibility index (Phi) is 6.33. The van der Waals surface area contributed by atoms with E-state index in [-0.39, 0.29) is 23.4 Å². The lowest BCUT2D eigenvalue weighted by molar-refractivity contribution is -0.385. The molecular weight excluding hydrogens is 410 g/mol. The number of hydrazone groups is 1. The molecule has 0 saturated carbocycles. The SMILES string of the molecule is [N-]=[N+]=Nc1ccc(-c2csc(N/N=C(\Cc3ccccc3[N+](=O)[O-])C(=O)O)n2)cc1. The highest BCUT2D eigenvalue weighted by Gasteiger charge is 2.18. The Morgan fingerprint density at radius 2 is 2.00 bits per heavy atom. The van der Waals surface area contributed by atoms with Crippen molar-refractivity contribution >= 4 is 39.5 Å². The van der Waals surface area contributed by atoms with Crippen LogP contribution in [0.5, 0.6) is 0 Å². The second-order valence-corrected chi connectivity index (χ2v) is 6.67. The lowest BCUT2D eigenvalue weighted by atomic mass is 10.1. The van der Waals surface area contributed by atoms with E-state index in [0.717, 1.165) is 5.56 Å². The van der Waals surface area contributed by atoms with Gasteiger partial charge in [0.15, 0.2) is 0 Å². The summed E-state index contributed by atoms with van der Waals surface area (Å²) in [5, 5.41) is 30.0. The minimum absolute atomic E-state index is 0.174. The van der Waals surface area contributed by atoms with E-state index < -0.39 is 10.9 Å². The summed E-state index contributed by atoms with van der Waals surface area (Å²) < 4.78 is 0. The molecular formula is C18H13N7O4S. The van der Waals surface area contributed by atoms with Crippen molar-refractivity contribution in [3.63, 3.8) is 0 Å². The Morgan fingerprint density at radius 3 is 2.67 bits per heavy atom. The van der Waals surface area contributed by atoms with Crippen molar-refractivity contribution in [3.8, 4) is 11.3 Å². The second-order valence-electron chi connectivity index (χ2n) is 5.81. The Labute approximate surface area is 173 Å². The summed E-state index contributed by atoms with van der Waals surface area (Å²) in [6.45, 7) is 0. The van der Waals surface area contributed by atoms with Gasteiger partial charge in [-0.05, 0) is 5.53 Å². The number of benzene rings is 2. The monoisotopic (exact) mass is 423 g/mol. The van der Waals surface area contributed by atoms with E-state index in [4.69, 9.17) is 5.53 Å². The number of carboxylic acid groups (broad SMARTS) is 1. The van der Waals surface area contributed by atoms with Gasteiger partial charge in [-0.15, -0.1) is 11.3 Å². The molecule has 0 fully saturated rings. The summed E-state index contributed by atoms with van der Waals surface area (Å²) in [6, 6.07) is 12.7. The normalized spacial score (nSPS) is 10.9. The summed E-state index contributed by atoms with van der Waals surface area (Å²) >= 11 is 1.21. The van der Waals surface area contributed by atoms with Crippen molar-refractivity contribution in [1.82, 2.24) is 4.98 Å². The van der Waals surface area contributed by atoms with Crippen molar-refractivity contribution in [2.75, 3.05) is 5.43 Å². The van der Waals surface area contributed by atoms with Gasteiger partial charge in [-0.1, -0.05) is 47.6 Å². The number of para-hydroxylation sites is 1. The molecule has 30 heavy (non-hydrogen) atoms. The molecule has 1 aromatic heterocycles. The summed E-state index contributed by atoms with van der Waals surface area (Å²) in [6.07, 6.45) is -0.224. The van der Waals surface area contributed by atoms with Gasteiger partial charge in [-0.25, -0.2) is 9.78 Å². The number of thiazole rings is 1. The molecule has 11 nitrogen and oxygen atoms in total. The molecule has 12 heteroatoms. The van der Waals surface area contributed by atoms with Crippen LogP contribution in [0.4, 0.5) is 16.5 Å². The largest absolute Gasteiger partial charge is 0.477 e. The number of carbonyl (C=O) groups is 1. The van der Waals surface area contributed by atoms with Crippen LogP contribution in [0.2, 0.25) is 0 Å². The molecule has 0 unspecified atom stereocenters. The van der Waals surface area contributed by atoms with Crippen molar-refractivity contribution in [3.05, 3.63) is 80.0 Å². The van der Waals surface area contributed by atoms with Crippen LogP contribution in [0, 0.1) is 10.1 Å². The lowest BCUT2D eigenvalue weighted by Gasteiger charge is -2.04. The van der Waals surface area contributed by atoms with Gasteiger partial charge in [-0.3, -0.25) is 15.5 Å². The summed E-state index contributed by atoms with van der Waals surface area (Å²) in [5.74, 6) is -1.30. The van der Waals surface area contributed by atoms with Gasteiger partial charge in [0.1, 0.15) is 5.71 Å². The molecule has 1 heterocycles. The first kappa shape index (κ1) is 20.5. The maximum absolute atomic E-state index is 11.5. The van der Waals surface area contributed by atoms with Gasteiger partial charge in [-0.2, -0.15) is 5.10 Å². The van der Waals surface area contributed by atoms with Crippen molar-refractivity contribution < 1.29 is 14.8 Å². The Hall–Kier alpha value is -4.28. The van der Waals surface area contributed by atoms with Crippen molar-refractivity contribution in [2.24, 2.45) is 10.2 Å². The minimum atomic E-state index is -1.30. The molecule has 0 amide bonds. The van der Waals surface area contributed by atoms with E-state index in [2.05, 4.69) is 25.5 Å². The summed E-state index contributed by atoms with van der Waals surface area (Å²) in [7, 11) is 0. The van der Waals surface area contributed by atoms with Crippen molar-refractivity contribution in [1.29, 1.82) is 0 Å². The number of nitrogens with one attached hydrogen (secondary N) is 1. The molecule has 3 rings (SSSR count). The average molecular weight is 423 g/mol. The number of nitro benzene ring substituents is 1. The predicted molar refractivity (Wildman–Crippen MR) is 112 cm³/mol. The number of nitrogens with zero attached hydrogens (tertiary/aromatic N) is 6. The number of nitro groups is 1. The molecule has 2 aromatic carbocycles. The lowest BCUT2D eigenvalue weighted by Crippen LogP contribution is -2.18. The molecule has 0 atom stereocenters. The number of anilines is 1. The maximum atomic E-state index is 11.5. The van der Waals surface area contributed by atoms with Crippen LogP contribution in [0.3, 0.4) is 0 Å². The van der Waals surface area contributed by atoms with Crippen LogP contribution in [0.25, 0.3) is 21.7 Å². The number of hydrogen-bond donors (Lipinski definition) is 2. The molecule has 0 saturated heterocycles. The fourth-order valence-electron chi connectivity index (χ4n) is 2.51. The third-order valence-corrected chi connectivity index (χ3v) is 4.65. The topological polar surface area (TPSA) is 166 Å². The van der Waals surface area contributed by atoms with Gasteiger partial charge in [0, 0.05) is 39.6 Å². The molecule has 2 N–H and O–H groups in total. The van der Waals surface area contributed by atoms with E-state index in [1.165, 1.54) is 29.5 Å². The third kappa shape index (κ3) is 4.95. The zero-order valence-corrected chi connectivity index (χ0v) is 16.0. The van der Waals surface area contributed by atoms with Gasteiger partial charge in [0.05, 0.1) is 10.6 Å². The van der Waals surface area contributed by atoms with Crippen LogP contribution in [-0.2, 0) is 11.2 Å². The number of aliphatic carboxylic acids is 1. The Balaban J connectivity index is 1.77. The number of azide groups is 1. The van der Waals surface area contributed by atoms with E-state index >= 15 is 0 Å². The second kappa shape index (κ2) is 9.28. The average Bonchev–Trinajstić information content (AvgIpc) is 3.21. The Morgan fingerprint density at radius 1 is 1.27 bits per heavy atom. The first-order chi connectivity index (χ1) is 14.5. The predicted octanol–water partition coefficient (Wildman–Crippen LogP) is 4.76. The standard InChI is InChI=1S/C18H13N7O4S/c19-24-21-13-7-5-11(6-8-13)15-10-30-18(20-15)23-22-14(17(26)27)9-12-3-1-2-4-16(12)25(28)29/h1-8,10H,9H2,(H,20,23)(H,26,27)/b22-14+. The van der Waals surface area contributed by atoms with Crippen LogP contribution < -0.4 is 5.43 Å². The van der Waals surface area contributed by atoms with Crippen LogP contribution in [-0.4, -0.2) is 26.7 Å². The number of hydrogen-bond acceptors (Lipinski definition) is 8. The van der Waals surface area contributed by atoms with Crippen LogP contribution in [0.1, 0.15) is 5.56 Å². The molecule has 0 aliphatic carbocycles. The third-order valence-electron chi connectivity index (χ3n) is 3.91. The summed E-state index contributed by atoms with van der Waals surface area (Å²) in [5.41, 5.74) is 12.7. The minimum Gasteiger partial charge on any atom is -0.477 e. The highest BCUT2D eigenvalue weighted by atomic mass is 32.1. The molecule has 0 radical (unpaired) electrons.